The van der Waals surface area contributed by atoms with E-state index in [0.29, 0.717) is 37.1 Å². The maximum atomic E-state index is 13.8. The molecule has 1 aliphatic rings. The number of carboxylic acids is 1. The number of piperidine rings is 1. The van der Waals surface area contributed by atoms with Gasteiger partial charge in [0.2, 0.25) is 5.91 Å². The first kappa shape index (κ1) is 28.6. The Balaban J connectivity index is 1.87. The summed E-state index contributed by atoms with van der Waals surface area (Å²) in [6, 6.07) is 13.7. The molecule has 3 rings (SSSR count). The molecule has 9 heteroatoms. The van der Waals surface area contributed by atoms with Gasteiger partial charge in [-0.3, -0.25) is 19.8 Å². The van der Waals surface area contributed by atoms with Crippen LogP contribution >= 0.6 is 0 Å². The molecule has 0 saturated carbocycles. The topological polar surface area (TPSA) is 126 Å². The summed E-state index contributed by atoms with van der Waals surface area (Å²) in [5.41, 5.74) is 1.77. The SMILES string of the molecule is C=NC(=N)c1ccc(C(=O)NC(c2ccc(N(C)C)cc2)C(C)(C)C(=O)N2CCC(CC(=O)O)CC2)cc1. The number of rotatable bonds is 9. The molecule has 2 amide bonds. The van der Waals surface area contributed by atoms with Crippen LogP contribution in [0.2, 0.25) is 0 Å². The van der Waals surface area contributed by atoms with E-state index in [1.165, 1.54) is 0 Å². The molecule has 1 unspecified atom stereocenters. The fraction of sp³-hybridized carbons (Fsp3) is 0.414. The summed E-state index contributed by atoms with van der Waals surface area (Å²) in [5.74, 6) is -1.15. The minimum Gasteiger partial charge on any atom is -0.481 e. The van der Waals surface area contributed by atoms with Gasteiger partial charge in [-0.05, 0) is 69.2 Å². The molecule has 9 nitrogen and oxygen atoms in total. The number of amidine groups is 1. The molecule has 0 aliphatic carbocycles. The zero-order valence-electron chi connectivity index (χ0n) is 22.5. The number of nitrogens with one attached hydrogen (secondary N) is 2. The molecule has 202 valence electrons. The van der Waals surface area contributed by atoms with Crippen LogP contribution in [0.5, 0.6) is 0 Å². The van der Waals surface area contributed by atoms with Gasteiger partial charge in [0.05, 0.1) is 11.5 Å². The van der Waals surface area contributed by atoms with E-state index in [0.717, 1.165) is 11.3 Å². The monoisotopic (exact) mass is 519 g/mol. The zero-order valence-corrected chi connectivity index (χ0v) is 22.5. The van der Waals surface area contributed by atoms with Crippen molar-refractivity contribution in [2.24, 2.45) is 16.3 Å². The van der Waals surface area contributed by atoms with Crippen molar-refractivity contribution in [1.82, 2.24) is 10.2 Å². The maximum Gasteiger partial charge on any atom is 0.303 e. The Morgan fingerprint density at radius 3 is 2.13 bits per heavy atom. The number of carboxylic acid groups (broad SMARTS) is 1. The normalized spacial score (nSPS) is 14.9. The zero-order chi connectivity index (χ0) is 28.0. The van der Waals surface area contributed by atoms with Gasteiger partial charge in [-0.1, -0.05) is 24.3 Å². The number of likely N-dealkylation sites (tertiary alicyclic amines) is 1. The van der Waals surface area contributed by atoms with E-state index in [9.17, 15) is 14.4 Å². The summed E-state index contributed by atoms with van der Waals surface area (Å²) in [6.07, 6.45) is 1.40. The van der Waals surface area contributed by atoms with Gasteiger partial charge in [-0.2, -0.15) is 0 Å². The molecule has 1 saturated heterocycles. The fourth-order valence-corrected chi connectivity index (χ4v) is 4.85. The fourth-order valence-electron chi connectivity index (χ4n) is 4.85. The second-order valence-electron chi connectivity index (χ2n) is 10.5. The minimum atomic E-state index is -0.982. The number of hydrogen-bond acceptors (Lipinski definition) is 5. The Labute approximate surface area is 224 Å². The molecular formula is C29H37N5O4. The van der Waals surface area contributed by atoms with Crippen LogP contribution in [-0.4, -0.2) is 67.5 Å². The molecule has 0 bridgehead atoms. The quantitative estimate of drug-likeness (QED) is 0.341. The number of aliphatic imine (C=N–C) groups is 1. The summed E-state index contributed by atoms with van der Waals surface area (Å²) < 4.78 is 0. The number of aliphatic carboxylic acids is 1. The molecule has 2 aromatic rings. The lowest BCUT2D eigenvalue weighted by molar-refractivity contribution is -0.144. The predicted molar refractivity (Wildman–Crippen MR) is 149 cm³/mol. The molecule has 1 atom stereocenters. The summed E-state index contributed by atoms with van der Waals surface area (Å²) in [6.45, 7) is 8.02. The van der Waals surface area contributed by atoms with Gasteiger partial charge in [0.15, 0.2) is 5.84 Å². The number of carbonyl (C=O) groups excluding carboxylic acids is 2. The lowest BCUT2D eigenvalue weighted by atomic mass is 9.78. The molecule has 0 aromatic heterocycles. The smallest absolute Gasteiger partial charge is 0.303 e. The number of hydrogen-bond donors (Lipinski definition) is 3. The van der Waals surface area contributed by atoms with Gasteiger partial charge in [0.1, 0.15) is 0 Å². The van der Waals surface area contributed by atoms with Crippen molar-refractivity contribution in [3.63, 3.8) is 0 Å². The lowest BCUT2D eigenvalue weighted by Gasteiger charge is -2.40. The van der Waals surface area contributed by atoms with Crippen LogP contribution in [0.3, 0.4) is 0 Å². The van der Waals surface area contributed by atoms with Crippen LogP contribution in [-0.2, 0) is 9.59 Å². The summed E-state index contributed by atoms with van der Waals surface area (Å²) in [4.78, 5) is 45.7. The van der Waals surface area contributed by atoms with E-state index in [-0.39, 0.29) is 30.0 Å². The number of carbonyl (C=O) groups is 3. The van der Waals surface area contributed by atoms with Crippen molar-refractivity contribution >= 4 is 36.0 Å². The molecule has 3 N–H and O–H groups in total. The molecule has 1 fully saturated rings. The molecule has 38 heavy (non-hydrogen) atoms. The van der Waals surface area contributed by atoms with Gasteiger partial charge < -0.3 is 20.2 Å². The average Bonchev–Trinajstić information content (AvgIpc) is 2.90. The number of benzene rings is 2. The molecule has 1 heterocycles. The van der Waals surface area contributed by atoms with Crippen molar-refractivity contribution in [2.75, 3.05) is 32.1 Å². The Kier molecular flexibility index (Phi) is 9.04. The van der Waals surface area contributed by atoms with Gasteiger partial charge >= 0.3 is 5.97 Å². The highest BCUT2D eigenvalue weighted by Gasteiger charge is 2.42. The average molecular weight is 520 g/mol. The van der Waals surface area contributed by atoms with Crippen LogP contribution in [0.4, 0.5) is 5.69 Å². The van der Waals surface area contributed by atoms with Crippen molar-refractivity contribution < 1.29 is 19.5 Å². The second kappa shape index (κ2) is 12.0. The molecule has 2 aromatic carbocycles. The Hall–Kier alpha value is -4.01. The van der Waals surface area contributed by atoms with Gasteiger partial charge in [-0.15, -0.1) is 0 Å². The highest BCUT2D eigenvalue weighted by Crippen LogP contribution is 2.37. The van der Waals surface area contributed by atoms with Gasteiger partial charge in [0, 0.05) is 50.4 Å². The number of nitrogens with zero attached hydrogens (tertiary/aromatic N) is 3. The van der Waals surface area contributed by atoms with E-state index in [2.05, 4.69) is 17.0 Å². The largest absolute Gasteiger partial charge is 0.481 e. The van der Waals surface area contributed by atoms with E-state index < -0.39 is 17.4 Å². The Bertz CT molecular complexity index is 1180. The van der Waals surface area contributed by atoms with Crippen molar-refractivity contribution in [3.05, 3.63) is 65.2 Å². The molecule has 0 radical (unpaired) electrons. The first-order valence-electron chi connectivity index (χ1n) is 12.7. The summed E-state index contributed by atoms with van der Waals surface area (Å²) in [5, 5.41) is 20.0. The van der Waals surface area contributed by atoms with Crippen molar-refractivity contribution in [2.45, 2.75) is 39.2 Å². The van der Waals surface area contributed by atoms with Crippen molar-refractivity contribution in [1.29, 1.82) is 5.41 Å². The number of amides is 2. The second-order valence-corrected chi connectivity index (χ2v) is 10.5. The highest BCUT2D eigenvalue weighted by molar-refractivity contribution is 6.01. The molecule has 0 spiro atoms. The summed E-state index contributed by atoms with van der Waals surface area (Å²) >= 11 is 0. The predicted octanol–water partition coefficient (Wildman–Crippen LogP) is 3.99. The van der Waals surface area contributed by atoms with Crippen LogP contribution in [0.15, 0.2) is 53.5 Å². The van der Waals surface area contributed by atoms with Crippen LogP contribution < -0.4 is 10.2 Å². The van der Waals surface area contributed by atoms with E-state index in [1.54, 1.807) is 29.2 Å². The van der Waals surface area contributed by atoms with E-state index in [1.807, 2.05) is 57.1 Å². The third-order valence-corrected chi connectivity index (χ3v) is 7.23. The summed E-state index contributed by atoms with van der Waals surface area (Å²) in [7, 11) is 3.89. The van der Waals surface area contributed by atoms with E-state index in [4.69, 9.17) is 10.5 Å². The first-order valence-corrected chi connectivity index (χ1v) is 12.7. The molecular weight excluding hydrogens is 482 g/mol. The lowest BCUT2D eigenvalue weighted by Crippen LogP contribution is -2.51. The van der Waals surface area contributed by atoms with Gasteiger partial charge in [0.25, 0.3) is 5.91 Å². The molecule has 1 aliphatic heterocycles. The third kappa shape index (κ3) is 6.65. The minimum absolute atomic E-state index is 0.0228. The third-order valence-electron chi connectivity index (χ3n) is 7.23. The maximum absolute atomic E-state index is 13.8. The Morgan fingerprint density at radius 2 is 1.63 bits per heavy atom. The van der Waals surface area contributed by atoms with Crippen LogP contribution in [0.1, 0.15) is 60.6 Å². The Morgan fingerprint density at radius 1 is 1.08 bits per heavy atom. The number of anilines is 1. The van der Waals surface area contributed by atoms with E-state index >= 15 is 0 Å². The standard InChI is InChI=1S/C29H37N5O4/c1-29(2,28(38)34-16-14-19(15-17-34)18-24(35)36)25(20-10-12-23(13-11-20)33(4)5)32-27(37)22-8-6-21(7-9-22)26(30)31-3/h6-13,19,25,30H,3,14-18H2,1-2,4-5H3,(H,32,37)(H,35,36). The first-order chi connectivity index (χ1) is 17.9. The van der Waals surface area contributed by atoms with Crippen LogP contribution in [0.25, 0.3) is 0 Å². The van der Waals surface area contributed by atoms with Gasteiger partial charge in [-0.25, -0.2) is 4.99 Å². The highest BCUT2D eigenvalue weighted by atomic mass is 16.4. The van der Waals surface area contributed by atoms with Crippen molar-refractivity contribution in [3.8, 4) is 0 Å². The van der Waals surface area contributed by atoms with Crippen LogP contribution in [0, 0.1) is 16.7 Å².